The Balaban J connectivity index is -0.000000592. The first-order valence-electron chi connectivity index (χ1n) is 9.09. The van der Waals surface area contributed by atoms with Gasteiger partial charge in [-0.1, -0.05) is 71.3 Å². The van der Waals surface area contributed by atoms with Crippen LogP contribution in [0.2, 0.25) is 0 Å². The van der Waals surface area contributed by atoms with Gasteiger partial charge in [-0.25, -0.2) is 0 Å². The van der Waals surface area contributed by atoms with E-state index in [1.54, 1.807) is 13.8 Å². The van der Waals surface area contributed by atoms with E-state index in [0.29, 0.717) is 12.2 Å². The summed E-state index contributed by atoms with van der Waals surface area (Å²) in [7, 11) is -3.23. The quantitative estimate of drug-likeness (QED) is 0.212. The van der Waals surface area contributed by atoms with Crippen molar-refractivity contribution < 1.29 is 17.4 Å². The maximum absolute atomic E-state index is 11.0. The van der Waals surface area contributed by atoms with Crippen molar-refractivity contribution in [2.24, 2.45) is 5.73 Å². The Hall–Kier alpha value is 0.120. The van der Waals surface area contributed by atoms with Crippen LogP contribution in [0.3, 0.4) is 0 Å². The first-order chi connectivity index (χ1) is 11.3. The predicted octanol–water partition coefficient (Wildman–Crippen LogP) is 3.94. The monoisotopic (exact) mass is 386 g/mol. The van der Waals surface area contributed by atoms with Gasteiger partial charge in [-0.3, -0.25) is 8.98 Å². The third-order valence-electron chi connectivity index (χ3n) is 3.53. The van der Waals surface area contributed by atoms with Gasteiger partial charge in [-0.05, 0) is 20.3 Å². The second-order valence-corrected chi connectivity index (χ2v) is 7.92. The van der Waals surface area contributed by atoms with Gasteiger partial charge in [0.15, 0.2) is 0 Å². The summed E-state index contributed by atoms with van der Waals surface area (Å²) in [5.41, 5.74) is 5.09. The third kappa shape index (κ3) is 26.5. The Morgan fingerprint density at radius 1 is 0.920 bits per heavy atom. The molecule has 7 heteroatoms. The Morgan fingerprint density at radius 2 is 1.28 bits per heavy atom. The molecule has 0 heterocycles. The summed E-state index contributed by atoms with van der Waals surface area (Å²) in [4.78, 5) is 9.82. The SMILES string of the molecule is C=C(C)C(N)=O.CCCCCCCCCCCCOS(=O)(=O)CC.[Na]. The Morgan fingerprint density at radius 3 is 1.60 bits per heavy atom. The van der Waals surface area contributed by atoms with Crippen molar-refractivity contribution in [3.63, 3.8) is 0 Å². The van der Waals surface area contributed by atoms with Gasteiger partial charge in [0.2, 0.25) is 5.91 Å². The van der Waals surface area contributed by atoms with Gasteiger partial charge in [-0.15, -0.1) is 0 Å². The average Bonchev–Trinajstić information content (AvgIpc) is 2.53. The molecule has 0 saturated carbocycles. The van der Waals surface area contributed by atoms with Crippen molar-refractivity contribution in [1.82, 2.24) is 0 Å². The van der Waals surface area contributed by atoms with Crippen molar-refractivity contribution in [1.29, 1.82) is 0 Å². The summed E-state index contributed by atoms with van der Waals surface area (Å²) in [5, 5.41) is 0. The normalized spacial score (nSPS) is 10.4. The van der Waals surface area contributed by atoms with Gasteiger partial charge >= 0.3 is 0 Å². The van der Waals surface area contributed by atoms with Crippen LogP contribution in [0.1, 0.15) is 85.0 Å². The number of nitrogens with two attached hydrogens (primary N) is 1. The van der Waals surface area contributed by atoms with E-state index in [-0.39, 0.29) is 35.3 Å². The van der Waals surface area contributed by atoms with E-state index in [0.717, 1.165) is 12.8 Å². The molecule has 0 atom stereocenters. The summed E-state index contributed by atoms with van der Waals surface area (Å²) >= 11 is 0. The molecule has 0 aromatic carbocycles. The van der Waals surface area contributed by atoms with Crippen LogP contribution in [0.25, 0.3) is 0 Å². The summed E-state index contributed by atoms with van der Waals surface area (Å²) in [5.74, 6) is -0.361. The number of primary amides is 1. The topological polar surface area (TPSA) is 86.5 Å². The van der Waals surface area contributed by atoms with Gasteiger partial charge < -0.3 is 5.73 Å². The molecule has 0 unspecified atom stereocenters. The molecule has 1 radical (unpaired) electrons. The van der Waals surface area contributed by atoms with Crippen molar-refractivity contribution in [3.05, 3.63) is 12.2 Å². The smallest absolute Gasteiger partial charge is 0.267 e. The van der Waals surface area contributed by atoms with E-state index in [9.17, 15) is 13.2 Å². The molecule has 25 heavy (non-hydrogen) atoms. The first kappa shape index (κ1) is 29.9. The van der Waals surface area contributed by atoms with Gasteiger partial charge in [-0.2, -0.15) is 8.42 Å². The maximum atomic E-state index is 11.0. The Labute approximate surface area is 177 Å². The van der Waals surface area contributed by atoms with Gasteiger partial charge in [0, 0.05) is 35.1 Å². The Bertz CT molecular complexity index is 413. The number of unbranched alkanes of at least 4 members (excludes halogenated alkanes) is 9. The first-order valence-corrected chi connectivity index (χ1v) is 10.7. The number of amides is 1. The van der Waals surface area contributed by atoms with Crippen molar-refractivity contribution in [2.45, 2.75) is 85.0 Å². The standard InChI is InChI=1S/C14H30O3S.C4H7NO.Na/c1-3-5-6-7-8-9-10-11-12-13-14-17-18(15,16)4-2;1-3(2)4(5)6;/h3-14H2,1-2H3;1H2,2H3,(H2,5,6);. The van der Waals surface area contributed by atoms with Crippen molar-refractivity contribution in [3.8, 4) is 0 Å². The average molecular weight is 387 g/mol. The van der Waals surface area contributed by atoms with E-state index in [2.05, 4.69) is 13.5 Å². The molecule has 0 spiro atoms. The summed E-state index contributed by atoms with van der Waals surface area (Å²) in [6.45, 7) is 9.05. The molecule has 0 rings (SSSR count). The number of hydrogen-bond acceptors (Lipinski definition) is 4. The molecule has 0 saturated heterocycles. The third-order valence-corrected chi connectivity index (χ3v) is 4.77. The molecular weight excluding hydrogens is 349 g/mol. The molecule has 5 nitrogen and oxygen atoms in total. The summed E-state index contributed by atoms with van der Waals surface area (Å²) in [6, 6.07) is 0. The van der Waals surface area contributed by atoms with Crippen molar-refractivity contribution >= 4 is 45.6 Å². The molecule has 1 amide bonds. The molecule has 0 fully saturated rings. The Kier molecular flexibility index (Phi) is 24.4. The zero-order valence-corrected chi connectivity index (χ0v) is 19.6. The maximum Gasteiger partial charge on any atom is 0.267 e. The van der Waals surface area contributed by atoms with Crippen LogP contribution < -0.4 is 5.73 Å². The van der Waals surface area contributed by atoms with Crippen LogP contribution in [0.4, 0.5) is 0 Å². The predicted molar refractivity (Wildman–Crippen MR) is 107 cm³/mol. The molecule has 0 aliphatic heterocycles. The van der Waals surface area contributed by atoms with Crippen LogP contribution in [-0.2, 0) is 19.1 Å². The fourth-order valence-electron chi connectivity index (χ4n) is 1.86. The van der Waals surface area contributed by atoms with Gasteiger partial charge in [0.25, 0.3) is 10.1 Å². The number of hydrogen-bond donors (Lipinski definition) is 1. The van der Waals surface area contributed by atoms with Crippen LogP contribution in [0.5, 0.6) is 0 Å². The van der Waals surface area contributed by atoms with Gasteiger partial charge in [0.1, 0.15) is 0 Å². The summed E-state index contributed by atoms with van der Waals surface area (Å²) < 4.78 is 26.9. The fourth-order valence-corrected chi connectivity index (χ4v) is 2.40. The van der Waals surface area contributed by atoms with E-state index < -0.39 is 16.0 Å². The second kappa shape index (κ2) is 20.4. The minimum absolute atomic E-state index is 0. The van der Waals surface area contributed by atoms with E-state index in [4.69, 9.17) is 9.92 Å². The van der Waals surface area contributed by atoms with Gasteiger partial charge in [0.05, 0.1) is 12.4 Å². The molecule has 145 valence electrons. The van der Waals surface area contributed by atoms with E-state index in [1.807, 2.05) is 0 Å². The van der Waals surface area contributed by atoms with Crippen LogP contribution >= 0.6 is 0 Å². The largest absolute Gasteiger partial charge is 0.366 e. The molecule has 0 aliphatic rings. The molecular formula is C18H37NNaO4S. The summed E-state index contributed by atoms with van der Waals surface area (Å²) in [6.07, 6.45) is 12.5. The number of rotatable bonds is 14. The zero-order chi connectivity index (χ0) is 18.8. The van der Waals surface area contributed by atoms with Crippen LogP contribution in [0.15, 0.2) is 12.2 Å². The fraction of sp³-hybridized carbons (Fsp3) is 0.833. The number of carbonyl (C=O) groups excluding carboxylic acids is 1. The molecule has 2 N–H and O–H groups in total. The van der Waals surface area contributed by atoms with Crippen molar-refractivity contribution in [2.75, 3.05) is 12.4 Å². The number of carbonyl (C=O) groups is 1. The minimum Gasteiger partial charge on any atom is -0.366 e. The van der Waals surface area contributed by atoms with E-state index >= 15 is 0 Å². The molecule has 0 aliphatic carbocycles. The van der Waals surface area contributed by atoms with Crippen LogP contribution in [-0.4, -0.2) is 56.2 Å². The minimum atomic E-state index is -3.23. The second-order valence-electron chi connectivity index (χ2n) is 5.99. The van der Waals surface area contributed by atoms with E-state index in [1.165, 1.54) is 51.4 Å². The zero-order valence-electron chi connectivity index (χ0n) is 16.8. The molecule has 0 bridgehead atoms. The molecule has 0 aromatic heterocycles. The molecule has 0 aromatic rings. The van der Waals surface area contributed by atoms with Crippen LogP contribution in [0, 0.1) is 0 Å².